The van der Waals surface area contributed by atoms with Gasteiger partial charge in [-0.3, -0.25) is 14.4 Å². The van der Waals surface area contributed by atoms with Gasteiger partial charge in [0, 0.05) is 22.6 Å². The number of phenols is 2. The molecule has 0 aliphatic rings. The molecule has 4 rings (SSSR count). The highest BCUT2D eigenvalue weighted by Gasteiger charge is 2.27. The zero-order valence-corrected chi connectivity index (χ0v) is 17.6. The molecular weight excluding hydrogens is 438 g/mol. The summed E-state index contributed by atoms with van der Waals surface area (Å²) in [7, 11) is 0. The standard InChI is InChI=1S/C24H19N5O5/c30-16-11-10-15(19(31)12-16)13-25-28-24(34)21(26-22(32)14-6-2-1-3-7-14)20-17-8-4-5-9-18(17)23(33)29-27-20/h1-13,21,30-31H,(H,26,32)(H,28,34)(H,29,33)/b25-13-/t21-/m0/s1. The third kappa shape index (κ3) is 4.75. The van der Waals surface area contributed by atoms with E-state index in [2.05, 4.69) is 26.0 Å². The minimum Gasteiger partial charge on any atom is -0.508 e. The number of aromatic hydroxyl groups is 2. The quantitative estimate of drug-likeness (QED) is 0.220. The van der Waals surface area contributed by atoms with Gasteiger partial charge >= 0.3 is 0 Å². The molecular formula is C24H19N5O5. The van der Waals surface area contributed by atoms with Gasteiger partial charge in [-0.15, -0.1) is 0 Å². The molecule has 1 atom stereocenters. The highest BCUT2D eigenvalue weighted by molar-refractivity contribution is 5.99. The monoisotopic (exact) mass is 457 g/mol. The molecule has 0 spiro atoms. The van der Waals surface area contributed by atoms with E-state index in [1.165, 1.54) is 18.3 Å². The van der Waals surface area contributed by atoms with Gasteiger partial charge in [-0.1, -0.05) is 36.4 Å². The van der Waals surface area contributed by atoms with Crippen molar-refractivity contribution in [2.75, 3.05) is 0 Å². The van der Waals surface area contributed by atoms with Crippen LogP contribution >= 0.6 is 0 Å². The number of hydrazone groups is 1. The number of amides is 2. The second kappa shape index (κ2) is 9.65. The van der Waals surface area contributed by atoms with Crippen LogP contribution in [-0.2, 0) is 4.79 Å². The Kier molecular flexibility index (Phi) is 6.31. The topological polar surface area (TPSA) is 157 Å². The summed E-state index contributed by atoms with van der Waals surface area (Å²) in [4.78, 5) is 38.1. The Morgan fingerprint density at radius 3 is 2.41 bits per heavy atom. The summed E-state index contributed by atoms with van der Waals surface area (Å²) in [6.07, 6.45) is 1.18. The highest BCUT2D eigenvalue weighted by atomic mass is 16.3. The largest absolute Gasteiger partial charge is 0.508 e. The summed E-state index contributed by atoms with van der Waals surface area (Å²) < 4.78 is 0. The Morgan fingerprint density at radius 1 is 0.971 bits per heavy atom. The van der Waals surface area contributed by atoms with E-state index in [0.717, 1.165) is 6.07 Å². The van der Waals surface area contributed by atoms with E-state index >= 15 is 0 Å². The maximum absolute atomic E-state index is 13.1. The van der Waals surface area contributed by atoms with Gasteiger partial charge in [0.15, 0.2) is 6.04 Å². The predicted molar refractivity (Wildman–Crippen MR) is 125 cm³/mol. The molecule has 0 aliphatic carbocycles. The first-order valence-electron chi connectivity index (χ1n) is 10.1. The lowest BCUT2D eigenvalue weighted by Gasteiger charge is -2.18. The van der Waals surface area contributed by atoms with Crippen molar-refractivity contribution in [1.29, 1.82) is 0 Å². The van der Waals surface area contributed by atoms with Crippen molar-refractivity contribution in [3.63, 3.8) is 0 Å². The number of carbonyl (C=O) groups is 2. The fourth-order valence-electron chi connectivity index (χ4n) is 3.29. The maximum Gasteiger partial charge on any atom is 0.272 e. The molecule has 34 heavy (non-hydrogen) atoms. The van der Waals surface area contributed by atoms with Crippen LogP contribution in [0.3, 0.4) is 0 Å². The van der Waals surface area contributed by atoms with Crippen molar-refractivity contribution in [2.24, 2.45) is 5.10 Å². The van der Waals surface area contributed by atoms with Crippen LogP contribution in [0.4, 0.5) is 0 Å². The van der Waals surface area contributed by atoms with Crippen LogP contribution in [0.5, 0.6) is 11.5 Å². The van der Waals surface area contributed by atoms with Gasteiger partial charge in [0.25, 0.3) is 17.4 Å². The summed E-state index contributed by atoms with van der Waals surface area (Å²) in [6, 6.07) is 17.5. The van der Waals surface area contributed by atoms with Crippen molar-refractivity contribution in [2.45, 2.75) is 6.04 Å². The fourth-order valence-corrected chi connectivity index (χ4v) is 3.29. The van der Waals surface area contributed by atoms with Gasteiger partial charge in [0.1, 0.15) is 17.2 Å². The Labute approximate surface area is 192 Å². The first-order chi connectivity index (χ1) is 16.4. The smallest absolute Gasteiger partial charge is 0.272 e. The third-order valence-electron chi connectivity index (χ3n) is 4.96. The molecule has 10 heteroatoms. The van der Waals surface area contributed by atoms with E-state index < -0.39 is 23.4 Å². The van der Waals surface area contributed by atoms with Crippen molar-refractivity contribution < 1.29 is 19.8 Å². The van der Waals surface area contributed by atoms with Crippen molar-refractivity contribution in [1.82, 2.24) is 20.9 Å². The number of rotatable bonds is 6. The van der Waals surface area contributed by atoms with Crippen LogP contribution in [0.1, 0.15) is 27.7 Å². The molecule has 2 amide bonds. The van der Waals surface area contributed by atoms with Crippen molar-refractivity contribution >= 4 is 28.8 Å². The molecule has 0 saturated carbocycles. The number of H-pyrrole nitrogens is 1. The van der Waals surface area contributed by atoms with Gasteiger partial charge in [0.2, 0.25) is 0 Å². The normalized spacial score (nSPS) is 11.9. The highest BCUT2D eigenvalue weighted by Crippen LogP contribution is 2.22. The summed E-state index contributed by atoms with van der Waals surface area (Å²) in [5.74, 6) is -1.62. The first kappa shape index (κ1) is 22.2. The Balaban J connectivity index is 1.67. The third-order valence-corrected chi connectivity index (χ3v) is 4.96. The molecule has 3 aromatic carbocycles. The van der Waals surface area contributed by atoms with Crippen LogP contribution < -0.4 is 16.3 Å². The summed E-state index contributed by atoms with van der Waals surface area (Å²) in [5.41, 5.74) is 2.58. The van der Waals surface area contributed by atoms with Gasteiger partial charge < -0.3 is 15.5 Å². The average molecular weight is 457 g/mol. The Hall–Kier alpha value is -4.99. The molecule has 5 N–H and O–H groups in total. The summed E-state index contributed by atoms with van der Waals surface area (Å²) in [5, 5.41) is 32.8. The molecule has 0 aliphatic heterocycles. The fraction of sp³-hybridized carbons (Fsp3) is 0.0417. The molecule has 170 valence electrons. The van der Waals surface area contributed by atoms with Crippen LogP contribution in [0, 0.1) is 0 Å². The summed E-state index contributed by atoms with van der Waals surface area (Å²) in [6.45, 7) is 0. The van der Waals surface area contributed by atoms with Crippen LogP contribution in [-0.4, -0.2) is 38.4 Å². The molecule has 10 nitrogen and oxygen atoms in total. The number of fused-ring (bicyclic) bond motifs is 1. The number of hydrogen-bond donors (Lipinski definition) is 5. The van der Waals surface area contributed by atoms with Crippen molar-refractivity contribution in [3.8, 4) is 11.5 Å². The molecule has 4 aromatic rings. The zero-order chi connectivity index (χ0) is 24.1. The molecule has 0 unspecified atom stereocenters. The van der Waals surface area contributed by atoms with E-state index in [4.69, 9.17) is 0 Å². The molecule has 1 heterocycles. The van der Waals surface area contributed by atoms with E-state index in [1.807, 2.05) is 0 Å². The molecule has 0 radical (unpaired) electrons. The van der Waals surface area contributed by atoms with Crippen LogP contribution in [0.25, 0.3) is 10.8 Å². The lowest BCUT2D eigenvalue weighted by molar-refractivity contribution is -0.123. The molecule has 0 bridgehead atoms. The number of aromatic amines is 1. The van der Waals surface area contributed by atoms with Gasteiger partial charge in [0.05, 0.1) is 11.6 Å². The number of carbonyl (C=O) groups excluding carboxylic acids is 2. The van der Waals surface area contributed by atoms with Crippen molar-refractivity contribution in [3.05, 3.63) is 100.0 Å². The minimum absolute atomic E-state index is 0.125. The number of aromatic nitrogens is 2. The number of hydrogen-bond acceptors (Lipinski definition) is 7. The summed E-state index contributed by atoms with van der Waals surface area (Å²) >= 11 is 0. The van der Waals surface area contributed by atoms with Crippen LogP contribution in [0.2, 0.25) is 0 Å². The Morgan fingerprint density at radius 2 is 1.68 bits per heavy atom. The van der Waals surface area contributed by atoms with Crippen LogP contribution in [0.15, 0.2) is 82.7 Å². The molecule has 0 saturated heterocycles. The number of phenolic OH excluding ortho intramolecular Hbond substituents is 2. The Bertz CT molecular complexity index is 1450. The lowest BCUT2D eigenvalue weighted by atomic mass is 10.0. The zero-order valence-electron chi connectivity index (χ0n) is 17.6. The first-order valence-corrected chi connectivity index (χ1v) is 10.1. The second-order valence-corrected chi connectivity index (χ2v) is 7.23. The minimum atomic E-state index is -1.31. The molecule has 1 aromatic heterocycles. The second-order valence-electron chi connectivity index (χ2n) is 7.23. The predicted octanol–water partition coefficient (Wildman–Crippen LogP) is 1.96. The SMILES string of the molecule is O=C(N[C@H](C(=O)N/N=C\c1ccc(O)cc1O)c1n[nH]c(=O)c2ccccc12)c1ccccc1. The number of nitrogens with zero attached hydrogens (tertiary/aromatic N) is 2. The van der Waals surface area contributed by atoms with E-state index in [0.29, 0.717) is 16.3 Å². The van der Waals surface area contributed by atoms with Gasteiger partial charge in [-0.2, -0.15) is 10.2 Å². The van der Waals surface area contributed by atoms with E-state index in [1.54, 1.807) is 54.6 Å². The van der Waals surface area contributed by atoms with Gasteiger partial charge in [-0.25, -0.2) is 10.5 Å². The number of benzene rings is 3. The average Bonchev–Trinajstić information content (AvgIpc) is 2.85. The van der Waals surface area contributed by atoms with E-state index in [-0.39, 0.29) is 22.8 Å². The number of nitrogens with one attached hydrogen (secondary N) is 3. The maximum atomic E-state index is 13.1. The van der Waals surface area contributed by atoms with E-state index in [9.17, 15) is 24.6 Å². The molecule has 0 fully saturated rings. The lowest BCUT2D eigenvalue weighted by Crippen LogP contribution is -2.40. The van der Waals surface area contributed by atoms with Gasteiger partial charge in [-0.05, 0) is 30.3 Å².